The number of hydrogen-bond donors (Lipinski definition) is 2. The monoisotopic (exact) mass is 446 g/mol. The van der Waals surface area contributed by atoms with Gasteiger partial charge >= 0.3 is 6.03 Å². The molecule has 0 atom stereocenters. The van der Waals surface area contributed by atoms with Crippen LogP contribution in [0.2, 0.25) is 4.34 Å². The smallest absolute Gasteiger partial charge is 0.321 e. The average Bonchev–Trinajstić information content (AvgIpc) is 3.38. The van der Waals surface area contributed by atoms with Crippen molar-refractivity contribution < 1.29 is 9.59 Å². The Hall–Kier alpha value is -2.42. The van der Waals surface area contributed by atoms with Crippen molar-refractivity contribution in [1.82, 2.24) is 15.2 Å². The molecule has 9 heteroatoms. The summed E-state index contributed by atoms with van der Waals surface area (Å²) in [4.78, 5) is 32.1. The first-order valence-corrected chi connectivity index (χ1v) is 11.3. The molecule has 0 aliphatic carbocycles. The Bertz CT molecular complexity index is 997. The Morgan fingerprint density at radius 3 is 2.55 bits per heavy atom. The largest absolute Gasteiger partial charge is 0.348 e. The van der Waals surface area contributed by atoms with Gasteiger partial charge in [-0.25, -0.2) is 9.78 Å². The number of para-hydroxylation sites is 1. The van der Waals surface area contributed by atoms with Crippen molar-refractivity contribution in [2.45, 2.75) is 18.9 Å². The van der Waals surface area contributed by atoms with Crippen LogP contribution in [0, 0.1) is 0 Å². The average molecular weight is 447 g/mol. The maximum Gasteiger partial charge on any atom is 0.321 e. The van der Waals surface area contributed by atoms with E-state index in [1.54, 1.807) is 10.3 Å². The van der Waals surface area contributed by atoms with Gasteiger partial charge in [0.05, 0.1) is 9.21 Å². The molecule has 1 aliphatic rings. The van der Waals surface area contributed by atoms with E-state index in [1.807, 2.05) is 42.5 Å². The summed E-state index contributed by atoms with van der Waals surface area (Å²) in [7, 11) is 0. The molecule has 0 spiro atoms. The molecule has 0 saturated carbocycles. The van der Waals surface area contributed by atoms with Crippen LogP contribution in [0.25, 0.3) is 9.88 Å². The predicted molar refractivity (Wildman–Crippen MR) is 118 cm³/mol. The van der Waals surface area contributed by atoms with Gasteiger partial charge in [-0.1, -0.05) is 29.8 Å². The van der Waals surface area contributed by atoms with E-state index in [0.717, 1.165) is 15.6 Å². The first-order valence-electron chi connectivity index (χ1n) is 9.21. The number of carbonyl (C=O) groups excluding carboxylic acids is 2. The molecule has 3 heterocycles. The molecule has 3 aromatic rings. The first-order chi connectivity index (χ1) is 14.1. The SMILES string of the molecule is O=C(NC1CCN(C(=O)Nc2ccccc2)CC1)c1csc(-c2ccc(Cl)s2)n1. The number of aromatic nitrogens is 1. The molecule has 0 radical (unpaired) electrons. The molecule has 0 unspecified atom stereocenters. The molecule has 1 aliphatic heterocycles. The lowest BCUT2D eigenvalue weighted by molar-refractivity contribution is 0.0915. The van der Waals surface area contributed by atoms with E-state index >= 15 is 0 Å². The molecule has 1 saturated heterocycles. The molecule has 6 nitrogen and oxygen atoms in total. The van der Waals surface area contributed by atoms with Crippen molar-refractivity contribution in [3.63, 3.8) is 0 Å². The first kappa shape index (κ1) is 19.9. The Kier molecular flexibility index (Phi) is 6.13. The molecule has 1 aromatic carbocycles. The molecule has 0 bridgehead atoms. The summed E-state index contributed by atoms with van der Waals surface area (Å²) < 4.78 is 0.698. The molecular formula is C20H19ClN4O2S2. The van der Waals surface area contributed by atoms with Gasteiger partial charge in [0.1, 0.15) is 10.7 Å². The van der Waals surface area contributed by atoms with Crippen molar-refractivity contribution in [1.29, 1.82) is 0 Å². The summed E-state index contributed by atoms with van der Waals surface area (Å²) in [5, 5.41) is 8.49. The molecule has 4 rings (SSSR count). The maximum absolute atomic E-state index is 12.5. The quantitative estimate of drug-likeness (QED) is 0.595. The highest BCUT2D eigenvalue weighted by atomic mass is 35.5. The third-order valence-corrected chi connectivity index (χ3v) is 6.91. The van der Waals surface area contributed by atoms with Gasteiger partial charge in [0.15, 0.2) is 0 Å². The van der Waals surface area contributed by atoms with Gasteiger partial charge in [0, 0.05) is 30.2 Å². The summed E-state index contributed by atoms with van der Waals surface area (Å²) in [5.74, 6) is -0.178. The van der Waals surface area contributed by atoms with Gasteiger partial charge in [-0.2, -0.15) is 0 Å². The van der Waals surface area contributed by atoms with Crippen LogP contribution in [0.4, 0.5) is 10.5 Å². The van der Waals surface area contributed by atoms with Crippen LogP contribution >= 0.6 is 34.3 Å². The number of nitrogens with zero attached hydrogens (tertiary/aromatic N) is 2. The van der Waals surface area contributed by atoms with Crippen molar-refractivity contribution in [3.05, 3.63) is 57.9 Å². The van der Waals surface area contributed by atoms with Gasteiger partial charge in [0.25, 0.3) is 5.91 Å². The van der Waals surface area contributed by atoms with Crippen molar-refractivity contribution >= 4 is 51.9 Å². The second-order valence-electron chi connectivity index (χ2n) is 6.67. The number of carbonyl (C=O) groups is 2. The number of hydrogen-bond acceptors (Lipinski definition) is 5. The zero-order chi connectivity index (χ0) is 20.2. The minimum atomic E-state index is -0.178. The fourth-order valence-electron chi connectivity index (χ4n) is 3.13. The van der Waals surface area contributed by atoms with E-state index < -0.39 is 0 Å². The summed E-state index contributed by atoms with van der Waals surface area (Å²) >= 11 is 8.84. The summed E-state index contributed by atoms with van der Waals surface area (Å²) in [6.07, 6.45) is 1.43. The number of amides is 3. The van der Waals surface area contributed by atoms with Crippen LogP contribution in [-0.2, 0) is 0 Å². The highest BCUT2D eigenvalue weighted by molar-refractivity contribution is 7.23. The van der Waals surface area contributed by atoms with Crippen molar-refractivity contribution in [2.24, 2.45) is 0 Å². The Labute approximate surface area is 181 Å². The lowest BCUT2D eigenvalue weighted by Gasteiger charge is -2.32. The number of nitrogens with one attached hydrogen (secondary N) is 2. The number of benzene rings is 1. The minimum absolute atomic E-state index is 0.0320. The van der Waals surface area contributed by atoms with Gasteiger partial charge in [-0.05, 0) is 37.1 Å². The molecule has 3 amide bonds. The number of likely N-dealkylation sites (tertiary alicyclic amines) is 1. The summed E-state index contributed by atoms with van der Waals surface area (Å²) in [5.41, 5.74) is 1.19. The number of thiophene rings is 1. The zero-order valence-electron chi connectivity index (χ0n) is 15.4. The third kappa shape index (κ3) is 4.95. The van der Waals surface area contributed by atoms with E-state index in [2.05, 4.69) is 15.6 Å². The molecule has 150 valence electrons. The Morgan fingerprint density at radius 1 is 1.10 bits per heavy atom. The molecule has 29 heavy (non-hydrogen) atoms. The van der Waals surface area contributed by atoms with E-state index in [4.69, 9.17) is 11.6 Å². The van der Waals surface area contributed by atoms with Crippen LogP contribution in [0.15, 0.2) is 47.8 Å². The predicted octanol–water partition coefficient (Wildman–Crippen LogP) is 4.95. The van der Waals surface area contributed by atoms with Crippen molar-refractivity contribution in [3.8, 4) is 9.88 Å². The fourth-order valence-corrected chi connectivity index (χ4v) is 5.05. The van der Waals surface area contributed by atoms with Gasteiger partial charge < -0.3 is 15.5 Å². The Balaban J connectivity index is 1.28. The standard InChI is InChI=1S/C20H19ClN4O2S2/c21-17-7-6-16(29-17)19-24-15(12-28-19)18(26)22-14-8-10-25(11-9-14)20(27)23-13-4-2-1-3-5-13/h1-7,12,14H,8-11H2,(H,22,26)(H,23,27). The van der Waals surface area contributed by atoms with E-state index in [0.29, 0.717) is 36.0 Å². The van der Waals surface area contributed by atoms with E-state index in [-0.39, 0.29) is 18.0 Å². The number of anilines is 1. The van der Waals surface area contributed by atoms with Crippen LogP contribution in [-0.4, -0.2) is 41.0 Å². The topological polar surface area (TPSA) is 74.3 Å². The number of rotatable bonds is 4. The van der Waals surface area contributed by atoms with Crippen LogP contribution in [0.5, 0.6) is 0 Å². The molecule has 2 aromatic heterocycles. The third-order valence-electron chi connectivity index (χ3n) is 4.66. The second kappa shape index (κ2) is 8.94. The van der Waals surface area contributed by atoms with Gasteiger partial charge in [-0.3, -0.25) is 4.79 Å². The maximum atomic E-state index is 12.5. The van der Waals surface area contributed by atoms with E-state index in [1.165, 1.54) is 22.7 Å². The number of piperidine rings is 1. The van der Waals surface area contributed by atoms with E-state index in [9.17, 15) is 9.59 Å². The van der Waals surface area contributed by atoms with Gasteiger partial charge in [0.2, 0.25) is 0 Å². The van der Waals surface area contributed by atoms with Crippen molar-refractivity contribution in [2.75, 3.05) is 18.4 Å². The van der Waals surface area contributed by atoms with Crippen LogP contribution in [0.3, 0.4) is 0 Å². The molecule has 1 fully saturated rings. The minimum Gasteiger partial charge on any atom is -0.348 e. The van der Waals surface area contributed by atoms with Gasteiger partial charge in [-0.15, -0.1) is 22.7 Å². The fraction of sp³-hybridized carbons (Fsp3) is 0.250. The summed E-state index contributed by atoms with van der Waals surface area (Å²) in [6, 6.07) is 13.0. The lowest BCUT2D eigenvalue weighted by Crippen LogP contribution is -2.47. The zero-order valence-corrected chi connectivity index (χ0v) is 17.8. The summed E-state index contributed by atoms with van der Waals surface area (Å²) in [6.45, 7) is 1.19. The highest BCUT2D eigenvalue weighted by Gasteiger charge is 2.25. The molecular weight excluding hydrogens is 428 g/mol. The Morgan fingerprint density at radius 2 is 1.86 bits per heavy atom. The number of thiazole rings is 1. The van der Waals surface area contributed by atoms with Crippen LogP contribution < -0.4 is 10.6 Å². The van der Waals surface area contributed by atoms with Crippen LogP contribution in [0.1, 0.15) is 23.3 Å². The number of urea groups is 1. The lowest BCUT2D eigenvalue weighted by atomic mass is 10.1. The highest BCUT2D eigenvalue weighted by Crippen LogP contribution is 2.32. The molecule has 2 N–H and O–H groups in total. The second-order valence-corrected chi connectivity index (χ2v) is 9.25. The number of halogens is 1. The normalized spacial score (nSPS) is 14.6.